The maximum atomic E-state index is 12.1. The van der Waals surface area contributed by atoms with Crippen molar-refractivity contribution >= 4 is 21.6 Å². The standard InChI is InChI=1S/C16H16N2O5S/c1-11-3-6-14(9-12(11)2)16(19)17-24(22,23)10-13-4-7-15(8-5-13)18(20)21/h3-9H,10H2,1-2H3,(H,17,19). The summed E-state index contributed by atoms with van der Waals surface area (Å²) < 4.78 is 26.2. The Morgan fingerprint density at radius 3 is 2.25 bits per heavy atom. The Bertz CT molecular complexity index is 889. The second-order valence-electron chi connectivity index (χ2n) is 5.41. The summed E-state index contributed by atoms with van der Waals surface area (Å²) in [5.74, 6) is -1.15. The Morgan fingerprint density at radius 1 is 1.08 bits per heavy atom. The lowest BCUT2D eigenvalue weighted by atomic mass is 10.1. The molecule has 0 unspecified atom stereocenters. The molecule has 8 heteroatoms. The smallest absolute Gasteiger partial charge is 0.268 e. The number of amides is 1. The zero-order valence-electron chi connectivity index (χ0n) is 13.1. The largest absolute Gasteiger partial charge is 0.269 e. The van der Waals surface area contributed by atoms with Gasteiger partial charge < -0.3 is 0 Å². The summed E-state index contributed by atoms with van der Waals surface area (Å²) in [6.07, 6.45) is 0. The number of non-ortho nitro benzene ring substituents is 1. The van der Waals surface area contributed by atoms with E-state index in [0.29, 0.717) is 5.56 Å². The summed E-state index contributed by atoms with van der Waals surface area (Å²) in [6.45, 7) is 3.72. The van der Waals surface area contributed by atoms with E-state index in [-0.39, 0.29) is 11.3 Å². The highest BCUT2D eigenvalue weighted by molar-refractivity contribution is 7.89. The van der Waals surface area contributed by atoms with E-state index < -0.39 is 26.6 Å². The molecule has 126 valence electrons. The third-order valence-corrected chi connectivity index (χ3v) is 4.73. The van der Waals surface area contributed by atoms with Gasteiger partial charge in [0, 0.05) is 17.7 Å². The molecule has 0 fully saturated rings. The van der Waals surface area contributed by atoms with Crippen molar-refractivity contribution in [1.29, 1.82) is 0 Å². The highest BCUT2D eigenvalue weighted by Crippen LogP contribution is 2.14. The Hall–Kier alpha value is -2.74. The van der Waals surface area contributed by atoms with Crippen molar-refractivity contribution in [2.45, 2.75) is 19.6 Å². The van der Waals surface area contributed by atoms with E-state index in [1.807, 2.05) is 18.6 Å². The fraction of sp³-hybridized carbons (Fsp3) is 0.188. The van der Waals surface area contributed by atoms with Gasteiger partial charge in [0.15, 0.2) is 0 Å². The van der Waals surface area contributed by atoms with E-state index in [9.17, 15) is 23.3 Å². The van der Waals surface area contributed by atoms with Gasteiger partial charge in [-0.2, -0.15) is 0 Å². The first kappa shape index (κ1) is 17.6. The Kier molecular flexibility index (Phi) is 4.99. The quantitative estimate of drug-likeness (QED) is 0.660. The fourth-order valence-electron chi connectivity index (χ4n) is 2.05. The van der Waals surface area contributed by atoms with Gasteiger partial charge in [-0.25, -0.2) is 13.1 Å². The van der Waals surface area contributed by atoms with Crippen LogP contribution in [0.2, 0.25) is 0 Å². The van der Waals surface area contributed by atoms with E-state index in [0.717, 1.165) is 11.1 Å². The molecule has 0 aliphatic heterocycles. The molecule has 0 heterocycles. The number of rotatable bonds is 5. The molecule has 0 saturated heterocycles. The number of carbonyl (C=O) groups is 1. The average molecular weight is 348 g/mol. The van der Waals surface area contributed by atoms with Crippen LogP contribution >= 0.6 is 0 Å². The molecule has 0 spiro atoms. The molecule has 0 atom stereocenters. The second kappa shape index (κ2) is 6.79. The van der Waals surface area contributed by atoms with Gasteiger partial charge in [0.1, 0.15) is 0 Å². The highest BCUT2D eigenvalue weighted by atomic mass is 32.2. The number of benzene rings is 2. The van der Waals surface area contributed by atoms with Crippen LogP contribution in [0.5, 0.6) is 0 Å². The number of hydrogen-bond acceptors (Lipinski definition) is 5. The number of hydrogen-bond donors (Lipinski definition) is 1. The third-order valence-electron chi connectivity index (χ3n) is 3.52. The molecular weight excluding hydrogens is 332 g/mol. The Labute approximate surface area is 139 Å². The molecule has 0 aromatic heterocycles. The van der Waals surface area contributed by atoms with Crippen LogP contribution < -0.4 is 4.72 Å². The first-order chi connectivity index (χ1) is 11.2. The fourth-order valence-corrected chi connectivity index (χ4v) is 3.16. The maximum Gasteiger partial charge on any atom is 0.269 e. The van der Waals surface area contributed by atoms with Gasteiger partial charge in [0.05, 0.1) is 10.7 Å². The molecule has 0 aliphatic rings. The molecule has 7 nitrogen and oxygen atoms in total. The molecule has 0 bridgehead atoms. The number of carbonyl (C=O) groups excluding carboxylic acids is 1. The lowest BCUT2D eigenvalue weighted by molar-refractivity contribution is -0.384. The Morgan fingerprint density at radius 2 is 1.71 bits per heavy atom. The van der Waals surface area contributed by atoms with Gasteiger partial charge in [0.25, 0.3) is 11.6 Å². The third kappa shape index (κ3) is 4.39. The number of nitro benzene ring substituents is 1. The van der Waals surface area contributed by atoms with Crippen LogP contribution in [0.3, 0.4) is 0 Å². The van der Waals surface area contributed by atoms with Crippen molar-refractivity contribution in [2.24, 2.45) is 0 Å². The normalized spacial score (nSPS) is 11.1. The molecule has 24 heavy (non-hydrogen) atoms. The molecule has 0 saturated carbocycles. The molecule has 2 aromatic carbocycles. The number of nitrogens with one attached hydrogen (secondary N) is 1. The second-order valence-corrected chi connectivity index (χ2v) is 7.14. The van der Waals surface area contributed by atoms with Crippen molar-refractivity contribution in [1.82, 2.24) is 4.72 Å². The summed E-state index contributed by atoms with van der Waals surface area (Å²) in [7, 11) is -3.91. The molecular formula is C16H16N2O5S. The van der Waals surface area contributed by atoms with Gasteiger partial charge >= 0.3 is 0 Å². The van der Waals surface area contributed by atoms with Crippen LogP contribution in [0, 0.1) is 24.0 Å². The van der Waals surface area contributed by atoms with Gasteiger partial charge in [-0.1, -0.05) is 18.2 Å². The molecule has 2 aromatic rings. The average Bonchev–Trinajstić information content (AvgIpc) is 2.49. The first-order valence-corrected chi connectivity index (χ1v) is 8.68. The molecule has 0 aliphatic carbocycles. The molecule has 0 radical (unpaired) electrons. The minimum absolute atomic E-state index is 0.129. The summed E-state index contributed by atoms with van der Waals surface area (Å²) in [5, 5.41) is 10.6. The van der Waals surface area contributed by atoms with Crippen LogP contribution in [0.15, 0.2) is 42.5 Å². The summed E-state index contributed by atoms with van der Waals surface area (Å²) in [6, 6.07) is 10.0. The predicted octanol–water partition coefficient (Wildman–Crippen LogP) is 2.47. The zero-order chi connectivity index (χ0) is 17.9. The summed E-state index contributed by atoms with van der Waals surface area (Å²) in [5.41, 5.74) is 2.36. The monoisotopic (exact) mass is 348 g/mol. The lowest BCUT2D eigenvalue weighted by Gasteiger charge is -2.08. The van der Waals surface area contributed by atoms with Crippen LogP contribution in [-0.2, 0) is 15.8 Å². The van der Waals surface area contributed by atoms with E-state index in [2.05, 4.69) is 0 Å². The van der Waals surface area contributed by atoms with Gasteiger partial charge in [-0.05, 0) is 42.7 Å². The van der Waals surface area contributed by atoms with Gasteiger partial charge in [-0.3, -0.25) is 14.9 Å². The predicted molar refractivity (Wildman–Crippen MR) is 89.1 cm³/mol. The number of nitro groups is 1. The van der Waals surface area contributed by atoms with Crippen molar-refractivity contribution in [3.05, 3.63) is 74.8 Å². The first-order valence-electron chi connectivity index (χ1n) is 7.03. The van der Waals surface area contributed by atoms with Gasteiger partial charge in [-0.15, -0.1) is 0 Å². The van der Waals surface area contributed by atoms with Crippen molar-refractivity contribution < 1.29 is 18.1 Å². The van der Waals surface area contributed by atoms with Crippen molar-refractivity contribution in [2.75, 3.05) is 0 Å². The van der Waals surface area contributed by atoms with E-state index >= 15 is 0 Å². The number of aryl methyl sites for hydroxylation is 2. The lowest BCUT2D eigenvalue weighted by Crippen LogP contribution is -2.31. The maximum absolute atomic E-state index is 12.1. The van der Waals surface area contributed by atoms with Gasteiger partial charge in [0.2, 0.25) is 10.0 Å². The number of sulfonamides is 1. The molecule has 2 rings (SSSR count). The topological polar surface area (TPSA) is 106 Å². The van der Waals surface area contributed by atoms with Crippen LogP contribution in [0.4, 0.5) is 5.69 Å². The Balaban J connectivity index is 2.11. The minimum atomic E-state index is -3.91. The van der Waals surface area contributed by atoms with E-state index in [1.54, 1.807) is 18.2 Å². The summed E-state index contributed by atoms with van der Waals surface area (Å²) in [4.78, 5) is 22.1. The van der Waals surface area contributed by atoms with Crippen molar-refractivity contribution in [3.63, 3.8) is 0 Å². The highest BCUT2D eigenvalue weighted by Gasteiger charge is 2.18. The SMILES string of the molecule is Cc1ccc(C(=O)NS(=O)(=O)Cc2ccc([N+](=O)[O-])cc2)cc1C. The van der Waals surface area contributed by atoms with Crippen LogP contribution in [0.25, 0.3) is 0 Å². The minimum Gasteiger partial charge on any atom is -0.268 e. The molecule has 1 N–H and O–H groups in total. The van der Waals surface area contributed by atoms with Crippen LogP contribution in [-0.4, -0.2) is 19.2 Å². The summed E-state index contributed by atoms with van der Waals surface area (Å²) >= 11 is 0. The molecule has 1 amide bonds. The van der Waals surface area contributed by atoms with Crippen molar-refractivity contribution in [3.8, 4) is 0 Å². The number of nitrogens with zero attached hydrogens (tertiary/aromatic N) is 1. The zero-order valence-corrected chi connectivity index (χ0v) is 14.0. The van der Waals surface area contributed by atoms with Crippen LogP contribution in [0.1, 0.15) is 27.0 Å². The van der Waals surface area contributed by atoms with E-state index in [4.69, 9.17) is 0 Å². The van der Waals surface area contributed by atoms with E-state index in [1.165, 1.54) is 24.3 Å².